The molecule has 154 valence electrons. The van der Waals surface area contributed by atoms with E-state index in [1.807, 2.05) is 48.5 Å². The summed E-state index contributed by atoms with van der Waals surface area (Å²) in [5.74, 6) is 0.0468. The van der Waals surface area contributed by atoms with Crippen LogP contribution in [0.5, 0.6) is 5.75 Å². The SMILES string of the molecule is CC(C)(C)C1=Cc2cc(C(C)(C)C)c([O-])c3cc(-c4ccc(I)cc4)cc(c23)C1=O.[Na+]. The van der Waals surface area contributed by atoms with Crippen molar-refractivity contribution >= 4 is 45.2 Å². The molecule has 1 aliphatic carbocycles. The van der Waals surface area contributed by atoms with Crippen LogP contribution < -0.4 is 34.7 Å². The Balaban J connectivity index is 0.00000272. The summed E-state index contributed by atoms with van der Waals surface area (Å²) in [5.41, 5.74) is 4.55. The van der Waals surface area contributed by atoms with Gasteiger partial charge in [0.25, 0.3) is 0 Å². The van der Waals surface area contributed by atoms with Crippen molar-refractivity contribution in [2.75, 3.05) is 0 Å². The van der Waals surface area contributed by atoms with E-state index in [4.69, 9.17) is 0 Å². The van der Waals surface area contributed by atoms with E-state index in [1.54, 1.807) is 0 Å². The van der Waals surface area contributed by atoms with Gasteiger partial charge in [0.15, 0.2) is 5.78 Å². The molecule has 2 nitrogen and oxygen atoms in total. The molecule has 0 spiro atoms. The Bertz CT molecular complexity index is 1220. The number of carbonyl (C=O) groups excluding carboxylic acids is 1. The normalized spacial score (nSPS) is 13.8. The minimum Gasteiger partial charge on any atom is -0.872 e. The Morgan fingerprint density at radius 3 is 2.00 bits per heavy atom. The van der Waals surface area contributed by atoms with Gasteiger partial charge in [0.1, 0.15) is 0 Å². The molecule has 31 heavy (non-hydrogen) atoms. The van der Waals surface area contributed by atoms with Crippen LogP contribution in [0.3, 0.4) is 0 Å². The number of carbonyl (C=O) groups is 1. The Morgan fingerprint density at radius 2 is 1.45 bits per heavy atom. The van der Waals surface area contributed by atoms with Gasteiger partial charge in [0.05, 0.1) is 0 Å². The molecule has 0 heterocycles. The maximum Gasteiger partial charge on any atom is 1.00 e. The number of hydrogen-bond acceptors (Lipinski definition) is 2. The van der Waals surface area contributed by atoms with Gasteiger partial charge in [0, 0.05) is 14.7 Å². The molecule has 0 bridgehead atoms. The summed E-state index contributed by atoms with van der Waals surface area (Å²) in [6, 6.07) is 14.1. The molecular formula is C27H26INaO2. The molecule has 0 atom stereocenters. The Labute approximate surface area is 220 Å². The third-order valence-corrected chi connectivity index (χ3v) is 6.52. The van der Waals surface area contributed by atoms with E-state index in [1.165, 1.54) is 0 Å². The first-order valence-electron chi connectivity index (χ1n) is 10.2. The summed E-state index contributed by atoms with van der Waals surface area (Å²) in [7, 11) is 0. The second kappa shape index (κ2) is 8.33. The predicted molar refractivity (Wildman–Crippen MR) is 132 cm³/mol. The van der Waals surface area contributed by atoms with Gasteiger partial charge in [-0.1, -0.05) is 65.5 Å². The summed E-state index contributed by atoms with van der Waals surface area (Å²) in [6.07, 6.45) is 2.00. The first kappa shape index (κ1) is 24.5. The van der Waals surface area contributed by atoms with Crippen LogP contribution in [0.25, 0.3) is 28.0 Å². The number of Topliss-reactive ketones (excluding diaryl/α,β-unsaturated/α-hetero) is 1. The van der Waals surface area contributed by atoms with Crippen LogP contribution in [0.4, 0.5) is 0 Å². The van der Waals surface area contributed by atoms with Gasteiger partial charge in [-0.3, -0.25) is 4.79 Å². The van der Waals surface area contributed by atoms with E-state index in [2.05, 4.69) is 64.1 Å². The molecule has 0 aliphatic heterocycles. The largest absolute Gasteiger partial charge is 1.00 e. The van der Waals surface area contributed by atoms with Crippen LogP contribution in [0, 0.1) is 8.99 Å². The van der Waals surface area contributed by atoms with Crippen molar-refractivity contribution < 1.29 is 39.5 Å². The van der Waals surface area contributed by atoms with Crippen LogP contribution >= 0.6 is 22.6 Å². The van der Waals surface area contributed by atoms with Crippen LogP contribution in [0.15, 0.2) is 48.0 Å². The number of hydrogen-bond donors (Lipinski definition) is 0. The van der Waals surface area contributed by atoms with Crippen molar-refractivity contribution in [3.8, 4) is 16.9 Å². The predicted octanol–water partition coefficient (Wildman–Crippen LogP) is 4.11. The molecule has 4 rings (SSSR count). The number of rotatable bonds is 1. The fourth-order valence-electron chi connectivity index (χ4n) is 4.15. The molecule has 3 aromatic rings. The number of halogens is 1. The molecule has 1 aliphatic rings. The van der Waals surface area contributed by atoms with E-state index in [0.717, 1.165) is 36.8 Å². The second-order valence-electron chi connectivity index (χ2n) is 10.2. The quantitative estimate of drug-likeness (QED) is 0.350. The minimum atomic E-state index is -0.280. The maximum absolute atomic E-state index is 13.5. The number of allylic oxidation sites excluding steroid dienone is 1. The first-order chi connectivity index (χ1) is 13.9. The molecule has 0 fully saturated rings. The molecule has 4 heteroatoms. The topological polar surface area (TPSA) is 40.1 Å². The van der Waals surface area contributed by atoms with Gasteiger partial charge < -0.3 is 5.11 Å². The van der Waals surface area contributed by atoms with E-state index >= 15 is 0 Å². The van der Waals surface area contributed by atoms with Crippen molar-refractivity contribution in [3.05, 3.63) is 68.3 Å². The third kappa shape index (κ3) is 4.39. The van der Waals surface area contributed by atoms with E-state index in [-0.39, 0.29) is 51.9 Å². The number of ketones is 1. The van der Waals surface area contributed by atoms with Gasteiger partial charge in [-0.05, 0) is 96.8 Å². The van der Waals surface area contributed by atoms with Crippen LogP contribution in [-0.4, -0.2) is 5.78 Å². The van der Waals surface area contributed by atoms with Gasteiger partial charge in [0.2, 0.25) is 0 Å². The Hall–Kier alpha value is -1.14. The fraction of sp³-hybridized carbons (Fsp3) is 0.296. The summed E-state index contributed by atoms with van der Waals surface area (Å²) < 4.78 is 1.15. The van der Waals surface area contributed by atoms with Crippen LogP contribution in [0.2, 0.25) is 0 Å². The van der Waals surface area contributed by atoms with Crippen molar-refractivity contribution in [1.29, 1.82) is 0 Å². The van der Waals surface area contributed by atoms with Gasteiger partial charge in [-0.25, -0.2) is 0 Å². The zero-order valence-electron chi connectivity index (χ0n) is 19.3. The molecule has 0 amide bonds. The molecule has 0 aromatic heterocycles. The molecule has 0 saturated carbocycles. The summed E-state index contributed by atoms with van der Waals surface area (Å²) in [4.78, 5) is 13.5. The average Bonchev–Trinajstić information content (AvgIpc) is 2.64. The van der Waals surface area contributed by atoms with Crippen molar-refractivity contribution in [3.63, 3.8) is 0 Å². The van der Waals surface area contributed by atoms with Crippen molar-refractivity contribution in [1.82, 2.24) is 0 Å². The smallest absolute Gasteiger partial charge is 0.872 e. The van der Waals surface area contributed by atoms with Gasteiger partial charge >= 0.3 is 29.6 Å². The third-order valence-electron chi connectivity index (χ3n) is 5.80. The first-order valence-corrected chi connectivity index (χ1v) is 11.3. The Morgan fingerprint density at radius 1 is 0.839 bits per heavy atom. The van der Waals surface area contributed by atoms with Gasteiger partial charge in [-0.2, -0.15) is 0 Å². The zero-order chi connectivity index (χ0) is 22.0. The van der Waals surface area contributed by atoms with E-state index in [0.29, 0.717) is 10.9 Å². The van der Waals surface area contributed by atoms with Crippen molar-refractivity contribution in [2.45, 2.75) is 47.0 Å². The summed E-state index contributed by atoms with van der Waals surface area (Å²) in [6.45, 7) is 12.4. The molecule has 0 radical (unpaired) electrons. The summed E-state index contributed by atoms with van der Waals surface area (Å²) in [5, 5.41) is 14.9. The fourth-order valence-corrected chi connectivity index (χ4v) is 4.51. The summed E-state index contributed by atoms with van der Waals surface area (Å²) >= 11 is 2.28. The molecule has 3 aromatic carbocycles. The standard InChI is InChI=1S/C27H27IO2.Na/c1-26(2,3)21-13-17-14-22(27(4,5)6)25(30)20-12-16(11-19(23(17)20)24(21)29)15-7-9-18(28)10-8-15;/h7-14,29H,1-6H3;/q;+1/p-1. The average molecular weight is 532 g/mol. The monoisotopic (exact) mass is 532 g/mol. The van der Waals surface area contributed by atoms with E-state index < -0.39 is 0 Å². The maximum atomic E-state index is 13.5. The van der Waals surface area contributed by atoms with Gasteiger partial charge in [-0.15, -0.1) is 0 Å². The molecule has 0 unspecified atom stereocenters. The molecule has 0 N–H and O–H groups in total. The van der Waals surface area contributed by atoms with E-state index in [9.17, 15) is 9.90 Å². The number of benzene rings is 3. The van der Waals surface area contributed by atoms with Crippen molar-refractivity contribution in [2.24, 2.45) is 5.41 Å². The minimum absolute atomic E-state index is 0. The zero-order valence-corrected chi connectivity index (χ0v) is 23.5. The Kier molecular flexibility index (Phi) is 6.58. The molecule has 0 saturated heterocycles. The van der Waals surface area contributed by atoms with Crippen LogP contribution in [0.1, 0.15) is 63.0 Å². The second-order valence-corrected chi connectivity index (χ2v) is 11.4. The van der Waals surface area contributed by atoms with Crippen LogP contribution in [-0.2, 0) is 5.41 Å². The molecular weight excluding hydrogens is 506 g/mol.